The fourth-order valence-corrected chi connectivity index (χ4v) is 3.64. The Labute approximate surface area is 161 Å². The number of hydrogen-bond acceptors (Lipinski definition) is 3. The number of carbonyl (C=O) groups excluding carboxylic acids is 1. The van der Waals surface area contributed by atoms with Crippen molar-refractivity contribution in [2.75, 3.05) is 13.1 Å². The van der Waals surface area contributed by atoms with Crippen molar-refractivity contribution in [1.29, 1.82) is 0 Å². The van der Waals surface area contributed by atoms with Gasteiger partial charge in [0.1, 0.15) is 24.3 Å². The molecule has 5 nitrogen and oxygen atoms in total. The Morgan fingerprint density at radius 3 is 2.36 bits per heavy atom. The second-order valence-electron chi connectivity index (χ2n) is 7.09. The maximum absolute atomic E-state index is 13.8. The number of benzene rings is 2. The van der Waals surface area contributed by atoms with E-state index in [9.17, 15) is 13.6 Å². The molecular formula is C21H20F2N4O. The van der Waals surface area contributed by atoms with Crippen molar-refractivity contribution in [3.63, 3.8) is 0 Å². The van der Waals surface area contributed by atoms with E-state index < -0.39 is 5.82 Å². The van der Waals surface area contributed by atoms with E-state index in [-0.39, 0.29) is 17.6 Å². The minimum Gasteiger partial charge on any atom is -0.339 e. The number of amides is 1. The first-order chi connectivity index (χ1) is 13.6. The van der Waals surface area contributed by atoms with Crippen LogP contribution in [0.15, 0.2) is 55.1 Å². The summed E-state index contributed by atoms with van der Waals surface area (Å²) in [7, 11) is 0. The predicted molar refractivity (Wildman–Crippen MR) is 100 cm³/mol. The first-order valence-corrected chi connectivity index (χ1v) is 9.28. The third kappa shape index (κ3) is 3.93. The monoisotopic (exact) mass is 382 g/mol. The van der Waals surface area contributed by atoms with Crippen LogP contribution >= 0.6 is 0 Å². The van der Waals surface area contributed by atoms with Crippen molar-refractivity contribution in [1.82, 2.24) is 19.7 Å². The van der Waals surface area contributed by atoms with E-state index in [0.29, 0.717) is 30.6 Å². The highest BCUT2D eigenvalue weighted by Gasteiger charge is 2.24. The standard InChI is InChI=1S/C21H20F2N4O/c22-18-3-6-20(23)17(12-18)11-15-7-9-26(10-8-15)21(28)16-1-4-19(5-2-16)27-13-24-25-14-27/h1-6,12-15H,7-11H2. The molecule has 0 N–H and O–H groups in total. The Morgan fingerprint density at radius 2 is 1.68 bits per heavy atom. The zero-order valence-electron chi connectivity index (χ0n) is 15.3. The van der Waals surface area contributed by atoms with E-state index in [1.165, 1.54) is 12.1 Å². The summed E-state index contributed by atoms with van der Waals surface area (Å²) in [6, 6.07) is 10.9. The summed E-state index contributed by atoms with van der Waals surface area (Å²) < 4.78 is 29.0. The second kappa shape index (κ2) is 7.88. The van der Waals surface area contributed by atoms with Crippen LogP contribution in [0.2, 0.25) is 0 Å². The van der Waals surface area contributed by atoms with Gasteiger partial charge < -0.3 is 4.90 Å². The normalized spacial score (nSPS) is 15.0. The van der Waals surface area contributed by atoms with Gasteiger partial charge >= 0.3 is 0 Å². The van der Waals surface area contributed by atoms with Crippen LogP contribution in [0.4, 0.5) is 8.78 Å². The van der Waals surface area contributed by atoms with Gasteiger partial charge in [-0.2, -0.15) is 0 Å². The van der Waals surface area contributed by atoms with Crippen LogP contribution in [-0.4, -0.2) is 38.7 Å². The zero-order chi connectivity index (χ0) is 19.5. The molecule has 0 saturated carbocycles. The molecule has 1 aliphatic heterocycles. The minimum absolute atomic E-state index is 0.00862. The third-order valence-electron chi connectivity index (χ3n) is 5.25. The summed E-state index contributed by atoms with van der Waals surface area (Å²) >= 11 is 0. The molecule has 1 aromatic heterocycles. The predicted octanol–water partition coefficient (Wildman–Crippen LogP) is 3.64. The first-order valence-electron chi connectivity index (χ1n) is 9.28. The molecule has 0 atom stereocenters. The van der Waals surface area contributed by atoms with Crippen molar-refractivity contribution >= 4 is 5.91 Å². The van der Waals surface area contributed by atoms with Crippen LogP contribution in [0.5, 0.6) is 0 Å². The maximum Gasteiger partial charge on any atom is 0.253 e. The molecule has 0 unspecified atom stereocenters. The molecule has 28 heavy (non-hydrogen) atoms. The summed E-state index contributed by atoms with van der Waals surface area (Å²) in [6.07, 6.45) is 5.26. The van der Waals surface area contributed by atoms with Gasteiger partial charge in [0, 0.05) is 24.3 Å². The quantitative estimate of drug-likeness (QED) is 0.692. The highest BCUT2D eigenvalue weighted by Crippen LogP contribution is 2.24. The van der Waals surface area contributed by atoms with E-state index >= 15 is 0 Å². The van der Waals surface area contributed by atoms with Gasteiger partial charge in [-0.1, -0.05) is 0 Å². The number of carbonyl (C=O) groups is 1. The lowest BCUT2D eigenvalue weighted by Crippen LogP contribution is -2.39. The van der Waals surface area contributed by atoms with Crippen LogP contribution in [-0.2, 0) is 6.42 Å². The molecule has 1 saturated heterocycles. The minimum atomic E-state index is -0.418. The Balaban J connectivity index is 1.35. The van der Waals surface area contributed by atoms with Crippen molar-refractivity contribution < 1.29 is 13.6 Å². The molecule has 2 heterocycles. The smallest absolute Gasteiger partial charge is 0.253 e. The van der Waals surface area contributed by atoms with E-state index in [1.54, 1.807) is 29.4 Å². The molecule has 7 heteroatoms. The molecule has 3 aromatic rings. The molecule has 1 aliphatic rings. The van der Waals surface area contributed by atoms with Gasteiger partial charge in [-0.25, -0.2) is 8.78 Å². The molecule has 0 bridgehead atoms. The lowest BCUT2D eigenvalue weighted by Gasteiger charge is -2.32. The van der Waals surface area contributed by atoms with Gasteiger partial charge in [0.05, 0.1) is 0 Å². The number of likely N-dealkylation sites (tertiary alicyclic amines) is 1. The van der Waals surface area contributed by atoms with Gasteiger partial charge in [0.25, 0.3) is 5.91 Å². The Morgan fingerprint density at radius 1 is 1.00 bits per heavy atom. The van der Waals surface area contributed by atoms with Gasteiger partial charge in [0.2, 0.25) is 0 Å². The Hall–Kier alpha value is -3.09. The van der Waals surface area contributed by atoms with E-state index in [4.69, 9.17) is 0 Å². The maximum atomic E-state index is 13.8. The van der Waals surface area contributed by atoms with Gasteiger partial charge in [-0.3, -0.25) is 9.36 Å². The van der Waals surface area contributed by atoms with Crippen LogP contribution in [0, 0.1) is 17.6 Å². The summed E-state index contributed by atoms with van der Waals surface area (Å²) in [5.74, 6) is -0.547. The molecule has 0 aliphatic carbocycles. The van der Waals surface area contributed by atoms with Crippen molar-refractivity contribution in [2.24, 2.45) is 5.92 Å². The molecular weight excluding hydrogens is 362 g/mol. The summed E-state index contributed by atoms with van der Waals surface area (Å²) in [5, 5.41) is 7.54. The summed E-state index contributed by atoms with van der Waals surface area (Å²) in [5.41, 5.74) is 1.93. The summed E-state index contributed by atoms with van der Waals surface area (Å²) in [6.45, 7) is 1.24. The SMILES string of the molecule is O=C(c1ccc(-n2cnnc2)cc1)N1CCC(Cc2cc(F)ccc2F)CC1. The number of hydrogen-bond donors (Lipinski definition) is 0. The average Bonchev–Trinajstić information content (AvgIpc) is 3.26. The average molecular weight is 382 g/mol. The van der Waals surface area contributed by atoms with Crippen LogP contribution in [0.1, 0.15) is 28.8 Å². The van der Waals surface area contributed by atoms with Crippen molar-refractivity contribution in [3.05, 3.63) is 77.9 Å². The van der Waals surface area contributed by atoms with Crippen molar-refractivity contribution in [3.8, 4) is 5.69 Å². The molecule has 144 valence electrons. The summed E-state index contributed by atoms with van der Waals surface area (Å²) in [4.78, 5) is 14.6. The highest BCUT2D eigenvalue weighted by atomic mass is 19.1. The van der Waals surface area contributed by atoms with Crippen LogP contribution in [0.3, 0.4) is 0 Å². The topological polar surface area (TPSA) is 51.0 Å². The third-order valence-corrected chi connectivity index (χ3v) is 5.25. The van der Waals surface area contributed by atoms with Crippen molar-refractivity contribution in [2.45, 2.75) is 19.3 Å². The lowest BCUT2D eigenvalue weighted by atomic mass is 9.89. The number of halogens is 2. The molecule has 1 amide bonds. The largest absolute Gasteiger partial charge is 0.339 e. The zero-order valence-corrected chi connectivity index (χ0v) is 15.3. The van der Waals surface area contributed by atoms with E-state index in [1.807, 2.05) is 17.0 Å². The second-order valence-corrected chi connectivity index (χ2v) is 7.09. The number of piperidine rings is 1. The molecule has 1 fully saturated rings. The van der Waals surface area contributed by atoms with Gasteiger partial charge in [-0.05, 0) is 73.2 Å². The number of nitrogens with zero attached hydrogens (tertiary/aromatic N) is 4. The van der Waals surface area contributed by atoms with Gasteiger partial charge in [0.15, 0.2) is 0 Å². The fraction of sp³-hybridized carbons (Fsp3) is 0.286. The molecule has 2 aromatic carbocycles. The number of aromatic nitrogens is 3. The van der Waals surface area contributed by atoms with Gasteiger partial charge in [-0.15, -0.1) is 10.2 Å². The molecule has 0 radical (unpaired) electrons. The Kier molecular flexibility index (Phi) is 5.14. The number of rotatable bonds is 4. The lowest BCUT2D eigenvalue weighted by molar-refractivity contribution is 0.0690. The van der Waals surface area contributed by atoms with E-state index in [2.05, 4.69) is 10.2 Å². The Bertz CT molecular complexity index is 949. The fourth-order valence-electron chi connectivity index (χ4n) is 3.64. The molecule has 4 rings (SSSR count). The van der Waals surface area contributed by atoms with E-state index in [0.717, 1.165) is 24.6 Å². The highest BCUT2D eigenvalue weighted by molar-refractivity contribution is 5.94. The molecule has 0 spiro atoms. The van der Waals surface area contributed by atoms with Crippen LogP contribution in [0.25, 0.3) is 5.69 Å². The van der Waals surface area contributed by atoms with Crippen LogP contribution < -0.4 is 0 Å². The first kappa shape index (κ1) is 18.3.